The van der Waals surface area contributed by atoms with Crippen molar-refractivity contribution in [3.63, 3.8) is 0 Å². The Labute approximate surface area is 108 Å². The van der Waals surface area contributed by atoms with Crippen LogP contribution in [0.2, 0.25) is 0 Å². The SMILES string of the molecule is CCCC1(C(=O)O)CCCN(C(=O)CCOC)C1. The Kier molecular flexibility index (Phi) is 5.59. The molecule has 0 aromatic carbocycles. The molecule has 104 valence electrons. The van der Waals surface area contributed by atoms with Gasteiger partial charge in [0, 0.05) is 20.2 Å². The summed E-state index contributed by atoms with van der Waals surface area (Å²) in [6.45, 7) is 3.39. The van der Waals surface area contributed by atoms with E-state index in [2.05, 4.69) is 0 Å². The van der Waals surface area contributed by atoms with Crippen LogP contribution in [0.1, 0.15) is 39.0 Å². The molecule has 18 heavy (non-hydrogen) atoms. The summed E-state index contributed by atoms with van der Waals surface area (Å²) in [5, 5.41) is 9.43. The maximum Gasteiger partial charge on any atom is 0.311 e. The smallest absolute Gasteiger partial charge is 0.311 e. The van der Waals surface area contributed by atoms with Crippen molar-refractivity contribution in [2.45, 2.75) is 39.0 Å². The Morgan fingerprint density at radius 2 is 2.17 bits per heavy atom. The molecular formula is C13H23NO4. The summed E-state index contributed by atoms with van der Waals surface area (Å²) >= 11 is 0. The van der Waals surface area contributed by atoms with Crippen LogP contribution in [0.4, 0.5) is 0 Å². The number of methoxy groups -OCH3 is 1. The van der Waals surface area contributed by atoms with Crippen molar-refractivity contribution in [2.75, 3.05) is 26.8 Å². The van der Waals surface area contributed by atoms with Crippen LogP contribution in [-0.2, 0) is 14.3 Å². The van der Waals surface area contributed by atoms with Crippen LogP contribution in [0.3, 0.4) is 0 Å². The predicted molar refractivity (Wildman–Crippen MR) is 67.3 cm³/mol. The first-order valence-corrected chi connectivity index (χ1v) is 6.56. The zero-order valence-corrected chi connectivity index (χ0v) is 11.3. The molecule has 0 spiro atoms. The van der Waals surface area contributed by atoms with E-state index in [-0.39, 0.29) is 5.91 Å². The average Bonchev–Trinajstić information content (AvgIpc) is 2.36. The van der Waals surface area contributed by atoms with Gasteiger partial charge in [0.15, 0.2) is 0 Å². The van der Waals surface area contributed by atoms with Gasteiger partial charge in [0.2, 0.25) is 5.91 Å². The topological polar surface area (TPSA) is 66.8 Å². The van der Waals surface area contributed by atoms with Crippen molar-refractivity contribution in [2.24, 2.45) is 5.41 Å². The lowest BCUT2D eigenvalue weighted by Gasteiger charge is -2.40. The standard InChI is InChI=1S/C13H23NO4/c1-3-6-13(12(16)17)7-4-8-14(10-13)11(15)5-9-18-2/h3-10H2,1-2H3,(H,16,17). The first-order chi connectivity index (χ1) is 8.55. The Hall–Kier alpha value is -1.10. The van der Waals surface area contributed by atoms with Crippen LogP contribution in [0.15, 0.2) is 0 Å². The van der Waals surface area contributed by atoms with Crippen molar-refractivity contribution in [1.29, 1.82) is 0 Å². The van der Waals surface area contributed by atoms with Gasteiger partial charge in [-0.2, -0.15) is 0 Å². The van der Waals surface area contributed by atoms with Crippen LogP contribution in [0.5, 0.6) is 0 Å². The van der Waals surface area contributed by atoms with E-state index in [4.69, 9.17) is 4.74 Å². The predicted octanol–water partition coefficient (Wildman–Crippen LogP) is 1.52. The highest BCUT2D eigenvalue weighted by Crippen LogP contribution is 2.35. The van der Waals surface area contributed by atoms with Gasteiger partial charge < -0.3 is 14.7 Å². The fourth-order valence-corrected chi connectivity index (χ4v) is 2.66. The second-order valence-corrected chi connectivity index (χ2v) is 5.00. The zero-order chi connectivity index (χ0) is 13.6. The van der Waals surface area contributed by atoms with Gasteiger partial charge in [-0.1, -0.05) is 13.3 Å². The van der Waals surface area contributed by atoms with Gasteiger partial charge in [0.1, 0.15) is 0 Å². The summed E-state index contributed by atoms with van der Waals surface area (Å²) in [6.07, 6.45) is 3.23. The number of carbonyl (C=O) groups excluding carboxylic acids is 1. The minimum absolute atomic E-state index is 0.00159. The summed E-state index contributed by atoms with van der Waals surface area (Å²) in [4.78, 5) is 25.1. The number of hydrogen-bond donors (Lipinski definition) is 1. The quantitative estimate of drug-likeness (QED) is 0.783. The van der Waals surface area contributed by atoms with E-state index in [1.165, 1.54) is 0 Å². The Morgan fingerprint density at radius 3 is 2.72 bits per heavy atom. The fourth-order valence-electron chi connectivity index (χ4n) is 2.66. The number of carbonyl (C=O) groups is 2. The van der Waals surface area contributed by atoms with Crippen LogP contribution >= 0.6 is 0 Å². The summed E-state index contributed by atoms with van der Waals surface area (Å²) in [5.41, 5.74) is -0.740. The Morgan fingerprint density at radius 1 is 1.44 bits per heavy atom. The van der Waals surface area contributed by atoms with Crippen LogP contribution in [-0.4, -0.2) is 48.7 Å². The average molecular weight is 257 g/mol. The fraction of sp³-hybridized carbons (Fsp3) is 0.846. The lowest BCUT2D eigenvalue weighted by Crippen LogP contribution is -2.50. The van der Waals surface area contributed by atoms with E-state index in [1.807, 2.05) is 6.92 Å². The van der Waals surface area contributed by atoms with E-state index in [0.717, 1.165) is 12.8 Å². The molecule has 0 radical (unpaired) electrons. The van der Waals surface area contributed by atoms with E-state index < -0.39 is 11.4 Å². The molecule has 1 unspecified atom stereocenters. The van der Waals surface area contributed by atoms with E-state index in [1.54, 1.807) is 12.0 Å². The summed E-state index contributed by atoms with van der Waals surface area (Å²) in [6, 6.07) is 0. The second kappa shape index (κ2) is 6.73. The third-order valence-electron chi connectivity index (χ3n) is 3.63. The molecule has 0 aromatic rings. The van der Waals surface area contributed by atoms with Gasteiger partial charge in [-0.05, 0) is 19.3 Å². The van der Waals surface area contributed by atoms with Gasteiger partial charge >= 0.3 is 5.97 Å². The summed E-state index contributed by atoms with van der Waals surface area (Å²) in [7, 11) is 1.56. The third kappa shape index (κ3) is 3.45. The number of nitrogens with zero attached hydrogens (tertiary/aromatic N) is 1. The summed E-state index contributed by atoms with van der Waals surface area (Å²) in [5.74, 6) is -0.771. The van der Waals surface area contributed by atoms with Crippen molar-refractivity contribution < 1.29 is 19.4 Å². The number of amides is 1. The minimum Gasteiger partial charge on any atom is -0.481 e. The van der Waals surface area contributed by atoms with Gasteiger partial charge in [-0.3, -0.25) is 9.59 Å². The lowest BCUT2D eigenvalue weighted by atomic mass is 9.76. The molecule has 1 atom stereocenters. The van der Waals surface area contributed by atoms with Gasteiger partial charge in [0.25, 0.3) is 0 Å². The molecule has 1 rings (SSSR count). The maximum absolute atomic E-state index is 11.9. The molecule has 1 heterocycles. The normalized spacial score (nSPS) is 24.0. The van der Waals surface area contributed by atoms with E-state index >= 15 is 0 Å². The molecule has 1 fully saturated rings. The molecule has 5 heteroatoms. The maximum atomic E-state index is 11.9. The minimum atomic E-state index is -0.770. The number of hydrogen-bond acceptors (Lipinski definition) is 3. The highest BCUT2D eigenvalue weighted by molar-refractivity contribution is 5.79. The molecule has 1 aliphatic rings. The Balaban J connectivity index is 2.68. The molecule has 0 saturated carbocycles. The second-order valence-electron chi connectivity index (χ2n) is 5.00. The molecule has 1 saturated heterocycles. The molecular weight excluding hydrogens is 234 g/mol. The number of ether oxygens (including phenoxy) is 1. The first kappa shape index (κ1) is 15.0. The molecule has 0 aromatic heterocycles. The van der Waals surface area contributed by atoms with Crippen LogP contribution in [0, 0.1) is 5.41 Å². The molecule has 0 aliphatic carbocycles. The molecule has 5 nitrogen and oxygen atoms in total. The number of carboxylic acid groups (broad SMARTS) is 1. The zero-order valence-electron chi connectivity index (χ0n) is 11.3. The number of carboxylic acids is 1. The van der Waals surface area contributed by atoms with Crippen LogP contribution in [0.25, 0.3) is 0 Å². The first-order valence-electron chi connectivity index (χ1n) is 6.56. The molecule has 1 N–H and O–H groups in total. The van der Waals surface area contributed by atoms with Crippen molar-refractivity contribution in [3.05, 3.63) is 0 Å². The van der Waals surface area contributed by atoms with Crippen molar-refractivity contribution in [3.8, 4) is 0 Å². The molecule has 0 bridgehead atoms. The molecule has 1 aliphatic heterocycles. The Bertz CT molecular complexity index is 301. The van der Waals surface area contributed by atoms with Gasteiger partial charge in [0.05, 0.1) is 18.4 Å². The van der Waals surface area contributed by atoms with E-state index in [0.29, 0.717) is 39.0 Å². The number of likely N-dealkylation sites (tertiary alicyclic amines) is 1. The number of aliphatic carboxylic acids is 1. The number of rotatable bonds is 6. The monoisotopic (exact) mass is 257 g/mol. The van der Waals surface area contributed by atoms with Crippen molar-refractivity contribution in [1.82, 2.24) is 4.90 Å². The lowest BCUT2D eigenvalue weighted by molar-refractivity contribution is -0.155. The number of piperidine rings is 1. The summed E-state index contributed by atoms with van der Waals surface area (Å²) < 4.78 is 4.89. The highest BCUT2D eigenvalue weighted by atomic mass is 16.5. The third-order valence-corrected chi connectivity index (χ3v) is 3.63. The van der Waals surface area contributed by atoms with Gasteiger partial charge in [-0.15, -0.1) is 0 Å². The van der Waals surface area contributed by atoms with Crippen molar-refractivity contribution >= 4 is 11.9 Å². The van der Waals surface area contributed by atoms with Crippen LogP contribution < -0.4 is 0 Å². The van der Waals surface area contributed by atoms with Gasteiger partial charge in [-0.25, -0.2) is 0 Å². The highest BCUT2D eigenvalue weighted by Gasteiger charge is 2.42. The van der Waals surface area contributed by atoms with E-state index in [9.17, 15) is 14.7 Å². The molecule has 1 amide bonds. The largest absolute Gasteiger partial charge is 0.481 e.